The predicted octanol–water partition coefficient (Wildman–Crippen LogP) is 4.72. The van der Waals surface area contributed by atoms with Gasteiger partial charge in [0.25, 0.3) is 5.91 Å². The highest BCUT2D eigenvalue weighted by Gasteiger charge is 2.43. The Labute approximate surface area is 163 Å². The molecule has 28 heavy (non-hydrogen) atoms. The number of carbonyl (C=O) groups excluding carboxylic acids is 1. The summed E-state index contributed by atoms with van der Waals surface area (Å²) in [7, 11) is 0. The maximum atomic E-state index is 13.1. The van der Waals surface area contributed by atoms with Crippen molar-refractivity contribution in [2.45, 2.75) is 20.1 Å². The molecule has 0 bridgehead atoms. The molecule has 1 N–H and O–H groups in total. The average molecular weight is 406 g/mol. The lowest BCUT2D eigenvalue weighted by Gasteiger charge is -2.09. The molecule has 3 aromatic rings. The standard InChI is InChI=1S/C19H14ClF2N3O3/c1-10-17(20)11(2)25(24-10)14-5-3-4-12(8-14)18(26)23-13-6-7-15-16(9-13)28-19(21,22)27-15/h3-9H,1-2H3,(H,23,26). The van der Waals surface area contributed by atoms with Crippen molar-refractivity contribution in [1.29, 1.82) is 0 Å². The second-order valence-electron chi connectivity index (χ2n) is 6.23. The van der Waals surface area contributed by atoms with Crippen molar-refractivity contribution in [3.63, 3.8) is 0 Å². The van der Waals surface area contributed by atoms with E-state index >= 15 is 0 Å². The van der Waals surface area contributed by atoms with E-state index in [0.29, 0.717) is 27.7 Å². The quantitative estimate of drug-likeness (QED) is 0.685. The number of carbonyl (C=O) groups is 1. The Morgan fingerprint density at radius 2 is 1.89 bits per heavy atom. The first-order chi connectivity index (χ1) is 13.2. The summed E-state index contributed by atoms with van der Waals surface area (Å²) < 4.78 is 36.6. The Morgan fingerprint density at radius 1 is 1.14 bits per heavy atom. The van der Waals surface area contributed by atoms with Crippen LogP contribution in [-0.4, -0.2) is 22.0 Å². The maximum absolute atomic E-state index is 13.1. The first-order valence-corrected chi connectivity index (χ1v) is 8.65. The van der Waals surface area contributed by atoms with Crippen LogP contribution in [0.15, 0.2) is 42.5 Å². The molecule has 1 aliphatic rings. The van der Waals surface area contributed by atoms with Gasteiger partial charge in [0.05, 0.1) is 22.1 Å². The minimum absolute atomic E-state index is 0.0913. The van der Waals surface area contributed by atoms with Crippen LogP contribution in [0.25, 0.3) is 5.69 Å². The second-order valence-corrected chi connectivity index (χ2v) is 6.61. The number of hydrogen-bond acceptors (Lipinski definition) is 4. The highest BCUT2D eigenvalue weighted by molar-refractivity contribution is 6.31. The van der Waals surface area contributed by atoms with E-state index < -0.39 is 12.2 Å². The summed E-state index contributed by atoms with van der Waals surface area (Å²) in [4.78, 5) is 12.6. The van der Waals surface area contributed by atoms with Gasteiger partial charge in [0, 0.05) is 17.3 Å². The van der Waals surface area contributed by atoms with E-state index in [9.17, 15) is 13.6 Å². The van der Waals surface area contributed by atoms with Gasteiger partial charge in [-0.3, -0.25) is 4.79 Å². The van der Waals surface area contributed by atoms with Crippen LogP contribution < -0.4 is 14.8 Å². The number of rotatable bonds is 3. The lowest BCUT2D eigenvalue weighted by atomic mass is 10.1. The molecule has 0 aliphatic carbocycles. The van der Waals surface area contributed by atoms with Crippen LogP contribution in [0.2, 0.25) is 5.02 Å². The third-order valence-corrected chi connectivity index (χ3v) is 4.76. The topological polar surface area (TPSA) is 65.4 Å². The fraction of sp³-hybridized carbons (Fsp3) is 0.158. The van der Waals surface area contributed by atoms with Crippen LogP contribution in [0.1, 0.15) is 21.7 Å². The number of aryl methyl sites for hydroxylation is 1. The number of fused-ring (bicyclic) bond motifs is 1. The molecule has 0 fully saturated rings. The van der Waals surface area contributed by atoms with E-state index in [1.54, 1.807) is 35.9 Å². The van der Waals surface area contributed by atoms with Crippen molar-refractivity contribution in [1.82, 2.24) is 9.78 Å². The minimum atomic E-state index is -3.71. The Balaban J connectivity index is 1.57. The van der Waals surface area contributed by atoms with Crippen molar-refractivity contribution in [3.05, 3.63) is 64.4 Å². The molecule has 2 heterocycles. The fourth-order valence-electron chi connectivity index (χ4n) is 2.88. The molecule has 2 aromatic carbocycles. The number of hydrogen-bond donors (Lipinski definition) is 1. The van der Waals surface area contributed by atoms with E-state index in [1.807, 2.05) is 6.92 Å². The number of halogens is 3. The molecule has 0 saturated heterocycles. The third kappa shape index (κ3) is 3.27. The summed E-state index contributed by atoms with van der Waals surface area (Å²) in [6.07, 6.45) is -3.71. The Hall–Kier alpha value is -3.13. The molecule has 1 amide bonds. The van der Waals surface area contributed by atoms with Gasteiger partial charge < -0.3 is 14.8 Å². The van der Waals surface area contributed by atoms with Gasteiger partial charge in [0.2, 0.25) is 0 Å². The van der Waals surface area contributed by atoms with E-state index in [1.165, 1.54) is 18.2 Å². The van der Waals surface area contributed by atoms with Crippen LogP contribution in [0.3, 0.4) is 0 Å². The van der Waals surface area contributed by atoms with E-state index in [4.69, 9.17) is 11.6 Å². The highest BCUT2D eigenvalue weighted by atomic mass is 35.5. The SMILES string of the molecule is Cc1nn(-c2cccc(C(=O)Nc3ccc4c(c3)OC(F)(F)O4)c2)c(C)c1Cl. The van der Waals surface area contributed by atoms with E-state index in [0.717, 1.165) is 5.69 Å². The third-order valence-electron chi connectivity index (χ3n) is 4.22. The normalized spacial score (nSPS) is 14.2. The molecule has 0 unspecified atom stereocenters. The van der Waals surface area contributed by atoms with Crippen LogP contribution >= 0.6 is 11.6 Å². The van der Waals surface area contributed by atoms with Gasteiger partial charge in [0.15, 0.2) is 11.5 Å². The molecule has 4 rings (SSSR count). The summed E-state index contributed by atoms with van der Waals surface area (Å²) in [5.41, 5.74) is 2.78. The molecule has 0 saturated carbocycles. The molecule has 9 heteroatoms. The van der Waals surface area contributed by atoms with Crippen LogP contribution in [0.4, 0.5) is 14.5 Å². The van der Waals surface area contributed by atoms with E-state index in [-0.39, 0.29) is 11.5 Å². The lowest BCUT2D eigenvalue weighted by molar-refractivity contribution is -0.286. The molecular weight excluding hydrogens is 392 g/mol. The zero-order chi connectivity index (χ0) is 20.1. The summed E-state index contributed by atoms with van der Waals surface area (Å²) in [5, 5.41) is 7.58. The van der Waals surface area contributed by atoms with Gasteiger partial charge in [-0.15, -0.1) is 8.78 Å². The molecule has 1 aromatic heterocycles. The number of nitrogens with one attached hydrogen (secondary N) is 1. The lowest BCUT2D eigenvalue weighted by Crippen LogP contribution is -2.25. The second kappa shape index (κ2) is 6.49. The largest absolute Gasteiger partial charge is 0.586 e. The van der Waals surface area contributed by atoms with Crippen molar-refractivity contribution in [2.75, 3.05) is 5.32 Å². The van der Waals surface area contributed by atoms with Crippen LogP contribution in [-0.2, 0) is 0 Å². The predicted molar refractivity (Wildman–Crippen MR) is 98.6 cm³/mol. The van der Waals surface area contributed by atoms with Gasteiger partial charge in [-0.25, -0.2) is 4.68 Å². The number of ether oxygens (including phenoxy) is 2. The number of aromatic nitrogens is 2. The van der Waals surface area contributed by atoms with Crippen molar-refractivity contribution in [2.24, 2.45) is 0 Å². The van der Waals surface area contributed by atoms with Crippen molar-refractivity contribution >= 4 is 23.2 Å². The molecule has 144 valence electrons. The number of anilines is 1. The zero-order valence-electron chi connectivity index (χ0n) is 14.8. The summed E-state index contributed by atoms with van der Waals surface area (Å²) in [6.45, 7) is 3.63. The number of alkyl halides is 2. The summed E-state index contributed by atoms with van der Waals surface area (Å²) in [6, 6.07) is 10.8. The van der Waals surface area contributed by atoms with Crippen LogP contribution in [0.5, 0.6) is 11.5 Å². The fourth-order valence-corrected chi connectivity index (χ4v) is 3.00. The van der Waals surface area contributed by atoms with Gasteiger partial charge >= 0.3 is 6.29 Å². The molecular formula is C19H14ClF2N3O3. The first-order valence-electron chi connectivity index (χ1n) is 8.27. The van der Waals surface area contributed by atoms with Crippen molar-refractivity contribution in [3.8, 4) is 17.2 Å². The summed E-state index contributed by atoms with van der Waals surface area (Å²) in [5.74, 6) is -0.652. The number of amides is 1. The van der Waals surface area contributed by atoms with Gasteiger partial charge in [0.1, 0.15) is 0 Å². The summed E-state index contributed by atoms with van der Waals surface area (Å²) >= 11 is 6.19. The van der Waals surface area contributed by atoms with Gasteiger partial charge in [-0.2, -0.15) is 5.10 Å². The molecule has 6 nitrogen and oxygen atoms in total. The molecule has 0 spiro atoms. The van der Waals surface area contributed by atoms with Gasteiger partial charge in [-0.05, 0) is 44.2 Å². The first kappa shape index (κ1) is 18.2. The average Bonchev–Trinajstić information content (AvgIpc) is 3.10. The highest BCUT2D eigenvalue weighted by Crippen LogP contribution is 2.42. The molecule has 0 atom stereocenters. The molecule has 0 radical (unpaired) electrons. The van der Waals surface area contributed by atoms with Crippen LogP contribution in [0, 0.1) is 13.8 Å². The maximum Gasteiger partial charge on any atom is 0.586 e. The molecule has 1 aliphatic heterocycles. The number of benzene rings is 2. The van der Waals surface area contributed by atoms with Crippen molar-refractivity contribution < 1.29 is 23.0 Å². The Bertz CT molecular complexity index is 1100. The van der Waals surface area contributed by atoms with E-state index in [2.05, 4.69) is 19.9 Å². The Kier molecular flexibility index (Phi) is 4.23. The Morgan fingerprint density at radius 3 is 2.61 bits per heavy atom. The monoisotopic (exact) mass is 405 g/mol. The zero-order valence-corrected chi connectivity index (χ0v) is 15.6. The van der Waals surface area contributed by atoms with Gasteiger partial charge in [-0.1, -0.05) is 17.7 Å². The minimum Gasteiger partial charge on any atom is -0.395 e. The number of nitrogens with zero attached hydrogens (tertiary/aromatic N) is 2. The smallest absolute Gasteiger partial charge is 0.395 e.